The minimum absolute atomic E-state index is 0.0183. The summed E-state index contributed by atoms with van der Waals surface area (Å²) in [6.07, 6.45) is 2.25. The van der Waals surface area contributed by atoms with Crippen LogP contribution in [0, 0.1) is 0 Å². The van der Waals surface area contributed by atoms with Crippen molar-refractivity contribution in [3.8, 4) is 11.1 Å². The molecule has 5 heteroatoms. The molecule has 0 unspecified atom stereocenters. The number of hydrogen-bond acceptors (Lipinski definition) is 3. The van der Waals surface area contributed by atoms with Gasteiger partial charge < -0.3 is 14.5 Å². The predicted octanol–water partition coefficient (Wildman–Crippen LogP) is 6.94. The molecule has 1 aliphatic carbocycles. The summed E-state index contributed by atoms with van der Waals surface area (Å²) in [5.41, 5.74) is 5.51. The van der Waals surface area contributed by atoms with Gasteiger partial charge in [-0.3, -0.25) is 4.79 Å². The third kappa shape index (κ3) is 6.16. The van der Waals surface area contributed by atoms with E-state index in [-0.39, 0.29) is 24.6 Å². The largest absolute Gasteiger partial charge is 0.444 e. The van der Waals surface area contributed by atoms with E-state index in [1.165, 1.54) is 0 Å². The van der Waals surface area contributed by atoms with Gasteiger partial charge in [0.25, 0.3) is 5.91 Å². The Morgan fingerprint density at radius 2 is 1.50 bits per heavy atom. The van der Waals surface area contributed by atoms with Gasteiger partial charge in [-0.25, -0.2) is 4.79 Å². The molecule has 0 N–H and O–H groups in total. The SMILES string of the molecule is CC(C)(C)OC(=O)N1CCC(c2cccc(-c3ccccc3)c2)=C(C(=O)N(Cc2ccccc2)C2CC2)C1. The fourth-order valence-corrected chi connectivity index (χ4v) is 4.98. The molecule has 2 amide bonds. The number of amides is 2. The molecule has 0 bridgehead atoms. The van der Waals surface area contributed by atoms with Crippen molar-refractivity contribution in [2.24, 2.45) is 0 Å². The van der Waals surface area contributed by atoms with Gasteiger partial charge in [-0.2, -0.15) is 0 Å². The zero-order chi connectivity index (χ0) is 26.7. The lowest BCUT2D eigenvalue weighted by molar-refractivity contribution is -0.128. The minimum Gasteiger partial charge on any atom is -0.444 e. The summed E-state index contributed by atoms with van der Waals surface area (Å²) in [5.74, 6) is 0.0183. The summed E-state index contributed by atoms with van der Waals surface area (Å²) in [7, 11) is 0. The number of hydrogen-bond donors (Lipinski definition) is 0. The van der Waals surface area contributed by atoms with Crippen LogP contribution in [-0.4, -0.2) is 46.5 Å². The lowest BCUT2D eigenvalue weighted by Gasteiger charge is -2.34. The van der Waals surface area contributed by atoms with Crippen LogP contribution in [0.5, 0.6) is 0 Å². The molecule has 0 atom stereocenters. The van der Waals surface area contributed by atoms with E-state index in [9.17, 15) is 9.59 Å². The molecular weight excluding hydrogens is 472 g/mol. The van der Waals surface area contributed by atoms with E-state index in [2.05, 4.69) is 48.5 Å². The second kappa shape index (κ2) is 10.9. The van der Waals surface area contributed by atoms with E-state index in [1.807, 2.05) is 62.1 Å². The number of benzene rings is 3. The van der Waals surface area contributed by atoms with Crippen LogP contribution >= 0.6 is 0 Å². The van der Waals surface area contributed by atoms with E-state index in [0.29, 0.717) is 25.1 Å². The molecule has 196 valence electrons. The van der Waals surface area contributed by atoms with E-state index in [0.717, 1.165) is 40.7 Å². The predicted molar refractivity (Wildman–Crippen MR) is 151 cm³/mol. The summed E-state index contributed by atoms with van der Waals surface area (Å²) < 4.78 is 5.68. The van der Waals surface area contributed by atoms with Crippen LogP contribution in [0.1, 0.15) is 51.2 Å². The lowest BCUT2D eigenvalue weighted by Crippen LogP contribution is -2.44. The molecule has 38 heavy (non-hydrogen) atoms. The highest BCUT2D eigenvalue weighted by molar-refractivity contribution is 6.03. The number of carbonyl (C=O) groups excluding carboxylic acids is 2. The number of carbonyl (C=O) groups is 2. The maximum atomic E-state index is 14.3. The van der Waals surface area contributed by atoms with Crippen LogP contribution in [0.3, 0.4) is 0 Å². The molecule has 3 aromatic rings. The molecule has 0 saturated heterocycles. The topological polar surface area (TPSA) is 49.9 Å². The quantitative estimate of drug-likeness (QED) is 0.362. The van der Waals surface area contributed by atoms with Crippen LogP contribution in [0.15, 0.2) is 90.5 Å². The Kier molecular flexibility index (Phi) is 7.37. The van der Waals surface area contributed by atoms with Gasteiger partial charge in [-0.05, 0) is 73.9 Å². The van der Waals surface area contributed by atoms with E-state index in [4.69, 9.17) is 4.74 Å². The first-order valence-electron chi connectivity index (χ1n) is 13.5. The Bertz CT molecular complexity index is 1320. The highest BCUT2D eigenvalue weighted by Gasteiger charge is 2.37. The van der Waals surface area contributed by atoms with Crippen LogP contribution in [-0.2, 0) is 16.1 Å². The first-order valence-corrected chi connectivity index (χ1v) is 13.5. The normalized spacial score (nSPS) is 15.8. The summed E-state index contributed by atoms with van der Waals surface area (Å²) in [5, 5.41) is 0. The standard InChI is InChI=1S/C33H36N2O3/c1-33(2,3)38-32(37)34-20-19-29(27-16-10-15-26(21-27)25-13-8-5-9-14-25)30(23-34)31(36)35(28-17-18-28)22-24-11-6-4-7-12-24/h4-16,21,28H,17-20,22-23H2,1-3H3. The molecule has 5 rings (SSSR count). The molecular formula is C33H36N2O3. The van der Waals surface area contributed by atoms with Crippen molar-refractivity contribution in [3.05, 3.63) is 102 Å². The van der Waals surface area contributed by atoms with Gasteiger partial charge in [0.2, 0.25) is 0 Å². The summed E-state index contributed by atoms with van der Waals surface area (Å²) in [4.78, 5) is 31.0. The lowest BCUT2D eigenvalue weighted by atomic mass is 9.90. The van der Waals surface area contributed by atoms with Crippen LogP contribution < -0.4 is 0 Å². The third-order valence-electron chi connectivity index (χ3n) is 7.02. The van der Waals surface area contributed by atoms with E-state index in [1.54, 1.807) is 4.90 Å². The van der Waals surface area contributed by atoms with Crippen molar-refractivity contribution in [2.45, 2.75) is 58.2 Å². The molecule has 1 heterocycles. The molecule has 5 nitrogen and oxygen atoms in total. The third-order valence-corrected chi connectivity index (χ3v) is 7.02. The Morgan fingerprint density at radius 3 is 2.16 bits per heavy atom. The Balaban J connectivity index is 1.52. The van der Waals surface area contributed by atoms with Crippen LogP contribution in [0.2, 0.25) is 0 Å². The maximum Gasteiger partial charge on any atom is 0.410 e. The van der Waals surface area contributed by atoms with Crippen molar-refractivity contribution in [3.63, 3.8) is 0 Å². The van der Waals surface area contributed by atoms with Gasteiger partial charge in [0, 0.05) is 24.7 Å². The van der Waals surface area contributed by atoms with Crippen molar-refractivity contribution in [1.29, 1.82) is 0 Å². The average Bonchev–Trinajstić information content (AvgIpc) is 3.77. The summed E-state index contributed by atoms with van der Waals surface area (Å²) in [6, 6.07) is 29.1. The Morgan fingerprint density at radius 1 is 0.868 bits per heavy atom. The van der Waals surface area contributed by atoms with Crippen molar-refractivity contribution >= 4 is 17.6 Å². The first kappa shape index (κ1) is 25.8. The van der Waals surface area contributed by atoms with Crippen LogP contribution in [0.4, 0.5) is 4.79 Å². The number of rotatable bonds is 6. The van der Waals surface area contributed by atoms with E-state index >= 15 is 0 Å². The molecule has 0 spiro atoms. The number of ether oxygens (including phenoxy) is 1. The minimum atomic E-state index is -0.595. The zero-order valence-corrected chi connectivity index (χ0v) is 22.5. The molecule has 3 aromatic carbocycles. The smallest absolute Gasteiger partial charge is 0.410 e. The molecule has 0 aromatic heterocycles. The summed E-state index contributed by atoms with van der Waals surface area (Å²) >= 11 is 0. The van der Waals surface area contributed by atoms with Gasteiger partial charge in [0.15, 0.2) is 0 Å². The highest BCUT2D eigenvalue weighted by atomic mass is 16.6. The molecule has 0 radical (unpaired) electrons. The first-order chi connectivity index (χ1) is 18.3. The van der Waals surface area contributed by atoms with Gasteiger partial charge in [0.1, 0.15) is 5.60 Å². The van der Waals surface area contributed by atoms with Crippen molar-refractivity contribution in [1.82, 2.24) is 9.80 Å². The second-order valence-corrected chi connectivity index (χ2v) is 11.2. The molecule has 1 fully saturated rings. The van der Waals surface area contributed by atoms with Gasteiger partial charge in [-0.1, -0.05) is 78.9 Å². The molecule has 1 saturated carbocycles. The Labute approximate surface area is 225 Å². The van der Waals surface area contributed by atoms with Gasteiger partial charge in [0.05, 0.1) is 6.54 Å². The Hall–Kier alpha value is -3.86. The average molecular weight is 509 g/mol. The van der Waals surface area contributed by atoms with Crippen molar-refractivity contribution < 1.29 is 14.3 Å². The maximum absolute atomic E-state index is 14.3. The monoisotopic (exact) mass is 508 g/mol. The number of nitrogens with zero attached hydrogens (tertiary/aromatic N) is 2. The fourth-order valence-electron chi connectivity index (χ4n) is 4.98. The highest BCUT2D eigenvalue weighted by Crippen LogP contribution is 2.35. The fraction of sp³-hybridized carbons (Fsp3) is 0.333. The van der Waals surface area contributed by atoms with Gasteiger partial charge >= 0.3 is 6.09 Å². The van der Waals surface area contributed by atoms with E-state index < -0.39 is 5.60 Å². The summed E-state index contributed by atoms with van der Waals surface area (Å²) in [6.45, 7) is 6.93. The molecule has 1 aliphatic heterocycles. The second-order valence-electron chi connectivity index (χ2n) is 11.2. The van der Waals surface area contributed by atoms with Gasteiger partial charge in [-0.15, -0.1) is 0 Å². The van der Waals surface area contributed by atoms with Crippen molar-refractivity contribution in [2.75, 3.05) is 13.1 Å². The zero-order valence-electron chi connectivity index (χ0n) is 22.5. The molecule has 2 aliphatic rings. The van der Waals surface area contributed by atoms with Crippen LogP contribution in [0.25, 0.3) is 16.7 Å².